The Hall–Kier alpha value is -2.24. The van der Waals surface area contributed by atoms with Crippen LogP contribution in [0.1, 0.15) is 18.4 Å². The van der Waals surface area contributed by atoms with Crippen molar-refractivity contribution in [1.82, 2.24) is 5.32 Å². The van der Waals surface area contributed by atoms with Crippen molar-refractivity contribution in [3.8, 4) is 28.4 Å². The van der Waals surface area contributed by atoms with E-state index in [1.807, 2.05) is 24.3 Å². The lowest BCUT2D eigenvalue weighted by atomic mass is 9.99. The second-order valence-corrected chi connectivity index (χ2v) is 6.44. The van der Waals surface area contributed by atoms with Gasteiger partial charge in [0, 0.05) is 31.5 Å². The average molecular weight is 341 g/mol. The average Bonchev–Trinajstić information content (AvgIpc) is 2.67. The van der Waals surface area contributed by atoms with Gasteiger partial charge in [-0.05, 0) is 35.4 Å². The molecule has 1 spiro atoms. The monoisotopic (exact) mass is 341 g/mol. The summed E-state index contributed by atoms with van der Waals surface area (Å²) in [4.78, 5) is 0. The van der Waals surface area contributed by atoms with Crippen LogP contribution in [-0.2, 0) is 11.3 Å². The van der Waals surface area contributed by atoms with Gasteiger partial charge in [0.25, 0.3) is 0 Å². The minimum atomic E-state index is -0.455. The smallest absolute Gasteiger partial charge is 0.213 e. The van der Waals surface area contributed by atoms with Crippen molar-refractivity contribution in [1.29, 1.82) is 0 Å². The Morgan fingerprint density at radius 3 is 2.40 bits per heavy atom. The Balaban J connectivity index is 1.62. The summed E-state index contributed by atoms with van der Waals surface area (Å²) in [6, 6.07) is 12.2. The van der Waals surface area contributed by atoms with Crippen LogP contribution in [0.3, 0.4) is 0 Å². The first-order chi connectivity index (χ1) is 12.2. The normalized spacial score (nSPS) is 18.3. The number of fused-ring (bicyclic) bond motifs is 1. The molecule has 0 unspecified atom stereocenters. The standard InChI is InChI=1S/C20H23NO4/c1-22-18-6-4-15(12-19(18)23-2)14-3-5-17-16(11-14)13-24-20(25-17)7-9-21-10-8-20/h3-6,11-12,21H,7-10,13H2,1-2H3. The van der Waals surface area contributed by atoms with Gasteiger partial charge in [-0.2, -0.15) is 0 Å². The van der Waals surface area contributed by atoms with Crippen molar-refractivity contribution >= 4 is 0 Å². The zero-order chi connectivity index (χ0) is 17.3. The molecule has 1 saturated heterocycles. The van der Waals surface area contributed by atoms with Crippen molar-refractivity contribution < 1.29 is 18.9 Å². The molecule has 2 aliphatic rings. The number of piperidine rings is 1. The Morgan fingerprint density at radius 2 is 1.64 bits per heavy atom. The van der Waals surface area contributed by atoms with E-state index < -0.39 is 5.79 Å². The molecule has 4 rings (SSSR count). The topological polar surface area (TPSA) is 49.0 Å². The number of nitrogens with one attached hydrogen (secondary N) is 1. The predicted molar refractivity (Wildman–Crippen MR) is 95.2 cm³/mol. The fraction of sp³-hybridized carbons (Fsp3) is 0.400. The third-order valence-electron chi connectivity index (χ3n) is 4.93. The van der Waals surface area contributed by atoms with Gasteiger partial charge >= 0.3 is 0 Å². The van der Waals surface area contributed by atoms with Crippen molar-refractivity contribution in [3.05, 3.63) is 42.0 Å². The molecule has 0 saturated carbocycles. The highest BCUT2D eigenvalue weighted by Gasteiger charge is 2.38. The van der Waals surface area contributed by atoms with Crippen LogP contribution in [0.2, 0.25) is 0 Å². The fourth-order valence-corrected chi connectivity index (χ4v) is 3.48. The van der Waals surface area contributed by atoms with E-state index in [9.17, 15) is 0 Å². The van der Waals surface area contributed by atoms with Gasteiger partial charge < -0.3 is 24.3 Å². The van der Waals surface area contributed by atoms with Gasteiger partial charge in [-0.1, -0.05) is 12.1 Å². The van der Waals surface area contributed by atoms with Crippen molar-refractivity contribution in [2.24, 2.45) is 0 Å². The number of ether oxygens (including phenoxy) is 4. The van der Waals surface area contributed by atoms with E-state index >= 15 is 0 Å². The van der Waals surface area contributed by atoms with Crippen LogP contribution >= 0.6 is 0 Å². The molecule has 0 radical (unpaired) electrons. The fourth-order valence-electron chi connectivity index (χ4n) is 3.48. The third kappa shape index (κ3) is 3.05. The Labute approximate surface area is 147 Å². The molecular weight excluding hydrogens is 318 g/mol. The molecule has 25 heavy (non-hydrogen) atoms. The van der Waals surface area contributed by atoms with E-state index in [1.54, 1.807) is 14.2 Å². The zero-order valence-electron chi connectivity index (χ0n) is 14.6. The molecule has 0 amide bonds. The van der Waals surface area contributed by atoms with Crippen LogP contribution in [-0.4, -0.2) is 33.1 Å². The summed E-state index contributed by atoms with van der Waals surface area (Å²) in [5.74, 6) is 1.92. The van der Waals surface area contributed by atoms with Crippen molar-refractivity contribution in [2.75, 3.05) is 27.3 Å². The maximum Gasteiger partial charge on any atom is 0.213 e. The van der Waals surface area contributed by atoms with Crippen molar-refractivity contribution in [3.63, 3.8) is 0 Å². The van der Waals surface area contributed by atoms with Gasteiger partial charge in [-0.25, -0.2) is 0 Å². The highest BCUT2D eigenvalue weighted by atomic mass is 16.7. The molecule has 2 aromatic rings. The molecule has 1 fully saturated rings. The maximum atomic E-state index is 6.23. The Kier molecular flexibility index (Phi) is 4.27. The van der Waals surface area contributed by atoms with Crippen LogP contribution < -0.4 is 19.5 Å². The van der Waals surface area contributed by atoms with Gasteiger partial charge in [0.1, 0.15) is 5.75 Å². The molecule has 2 heterocycles. The third-order valence-corrected chi connectivity index (χ3v) is 4.93. The van der Waals surface area contributed by atoms with Crippen LogP contribution in [0.25, 0.3) is 11.1 Å². The zero-order valence-corrected chi connectivity index (χ0v) is 14.6. The van der Waals surface area contributed by atoms with Crippen LogP contribution in [0, 0.1) is 0 Å². The second kappa shape index (κ2) is 6.58. The highest BCUT2D eigenvalue weighted by molar-refractivity contribution is 5.69. The first kappa shape index (κ1) is 16.2. The number of benzene rings is 2. The predicted octanol–water partition coefficient (Wildman–Crippen LogP) is 3.36. The molecule has 0 aromatic heterocycles. The van der Waals surface area contributed by atoms with E-state index in [4.69, 9.17) is 18.9 Å². The van der Waals surface area contributed by atoms with E-state index in [2.05, 4.69) is 17.4 Å². The molecule has 2 aliphatic heterocycles. The summed E-state index contributed by atoms with van der Waals surface area (Å²) >= 11 is 0. The number of hydrogen-bond donors (Lipinski definition) is 1. The molecule has 5 nitrogen and oxygen atoms in total. The first-order valence-electron chi connectivity index (χ1n) is 8.62. The molecular formula is C20H23NO4. The summed E-state index contributed by atoms with van der Waals surface area (Å²) in [6.45, 7) is 2.44. The molecule has 0 bridgehead atoms. The Morgan fingerprint density at radius 1 is 0.920 bits per heavy atom. The summed E-state index contributed by atoms with van der Waals surface area (Å²) < 4.78 is 23.0. The molecule has 0 atom stereocenters. The SMILES string of the molecule is COc1ccc(-c2ccc3c(c2)COC2(CCNCC2)O3)cc1OC. The van der Waals surface area contributed by atoms with Gasteiger partial charge in [-0.3, -0.25) is 0 Å². The molecule has 132 valence electrons. The summed E-state index contributed by atoms with van der Waals surface area (Å²) in [5.41, 5.74) is 3.26. The maximum absolute atomic E-state index is 6.23. The summed E-state index contributed by atoms with van der Waals surface area (Å²) in [6.07, 6.45) is 1.76. The molecule has 0 aliphatic carbocycles. The molecule has 5 heteroatoms. The summed E-state index contributed by atoms with van der Waals surface area (Å²) in [5, 5.41) is 3.35. The van der Waals surface area contributed by atoms with E-state index in [-0.39, 0.29) is 0 Å². The van der Waals surface area contributed by atoms with E-state index in [1.165, 1.54) is 0 Å². The van der Waals surface area contributed by atoms with E-state index in [0.29, 0.717) is 6.61 Å². The van der Waals surface area contributed by atoms with Crippen molar-refractivity contribution in [2.45, 2.75) is 25.2 Å². The largest absolute Gasteiger partial charge is 0.493 e. The first-order valence-corrected chi connectivity index (χ1v) is 8.62. The second-order valence-electron chi connectivity index (χ2n) is 6.44. The van der Waals surface area contributed by atoms with Crippen LogP contribution in [0.5, 0.6) is 17.2 Å². The molecule has 1 N–H and O–H groups in total. The summed E-state index contributed by atoms with van der Waals surface area (Å²) in [7, 11) is 3.29. The van der Waals surface area contributed by atoms with E-state index in [0.717, 1.165) is 59.9 Å². The quantitative estimate of drug-likeness (QED) is 0.928. The minimum absolute atomic E-state index is 0.455. The number of rotatable bonds is 3. The van der Waals surface area contributed by atoms with Gasteiger partial charge in [0.05, 0.1) is 20.8 Å². The highest BCUT2D eigenvalue weighted by Crippen LogP contribution is 2.39. The van der Waals surface area contributed by atoms with Crippen LogP contribution in [0.15, 0.2) is 36.4 Å². The van der Waals surface area contributed by atoms with Gasteiger partial charge in [0.2, 0.25) is 5.79 Å². The number of methoxy groups -OCH3 is 2. The number of hydrogen-bond acceptors (Lipinski definition) is 5. The van der Waals surface area contributed by atoms with Gasteiger partial charge in [0.15, 0.2) is 11.5 Å². The van der Waals surface area contributed by atoms with Crippen LogP contribution in [0.4, 0.5) is 0 Å². The lowest BCUT2D eigenvalue weighted by Crippen LogP contribution is -2.49. The minimum Gasteiger partial charge on any atom is -0.493 e. The van der Waals surface area contributed by atoms with Gasteiger partial charge in [-0.15, -0.1) is 0 Å². The lowest BCUT2D eigenvalue weighted by molar-refractivity contribution is -0.218. The molecule has 2 aromatic carbocycles. The Bertz CT molecular complexity index is 768. The lowest BCUT2D eigenvalue weighted by Gasteiger charge is -2.41.